The smallest absolute Gasteiger partial charge is 0.243 e. The summed E-state index contributed by atoms with van der Waals surface area (Å²) in [6, 6.07) is 25.0. The second-order valence-electron chi connectivity index (χ2n) is 8.94. The molecule has 0 saturated carbocycles. The summed E-state index contributed by atoms with van der Waals surface area (Å²) < 4.78 is 29.6. The van der Waals surface area contributed by atoms with Crippen LogP contribution in [0.5, 0.6) is 0 Å². The molecule has 1 unspecified atom stereocenters. The van der Waals surface area contributed by atoms with E-state index in [-0.39, 0.29) is 11.4 Å². The van der Waals surface area contributed by atoms with Gasteiger partial charge in [-0.3, -0.25) is 0 Å². The zero-order chi connectivity index (χ0) is 25.8. The van der Waals surface area contributed by atoms with E-state index < -0.39 is 16.1 Å². The molecule has 0 aliphatic carbocycles. The van der Waals surface area contributed by atoms with E-state index in [9.17, 15) is 18.9 Å². The molecular weight excluding hydrogens is 484 g/mol. The molecule has 1 atom stereocenters. The van der Waals surface area contributed by atoms with Crippen molar-refractivity contribution < 1.29 is 8.42 Å². The fourth-order valence-electron chi connectivity index (χ4n) is 4.72. The number of fused-ring (bicyclic) bond motifs is 1. The van der Waals surface area contributed by atoms with Crippen molar-refractivity contribution in [2.45, 2.75) is 30.4 Å². The molecule has 0 fully saturated rings. The third kappa shape index (κ3) is 5.10. The Bertz CT molecular complexity index is 1570. The maximum Gasteiger partial charge on any atom is 0.243 e. The lowest BCUT2D eigenvalue weighted by Crippen LogP contribution is -2.45. The number of H-pyrrole nitrogens is 1. The molecule has 8 nitrogen and oxygen atoms in total. The van der Waals surface area contributed by atoms with Gasteiger partial charge in [0.25, 0.3) is 0 Å². The Labute approximate surface area is 216 Å². The van der Waals surface area contributed by atoms with Crippen LogP contribution in [0.3, 0.4) is 0 Å². The number of benzene rings is 3. The third-order valence-electron chi connectivity index (χ3n) is 6.53. The lowest BCUT2D eigenvalue weighted by Gasteiger charge is -2.32. The van der Waals surface area contributed by atoms with Crippen LogP contribution in [0, 0.1) is 22.7 Å². The maximum absolute atomic E-state index is 14.0. The van der Waals surface area contributed by atoms with Crippen LogP contribution in [-0.2, 0) is 29.5 Å². The van der Waals surface area contributed by atoms with Gasteiger partial charge in [0.05, 0.1) is 46.7 Å². The number of aromatic nitrogens is 2. The van der Waals surface area contributed by atoms with Crippen molar-refractivity contribution in [3.63, 3.8) is 0 Å². The quantitative estimate of drug-likeness (QED) is 0.421. The Morgan fingerprint density at radius 1 is 0.973 bits per heavy atom. The van der Waals surface area contributed by atoms with Gasteiger partial charge in [-0.1, -0.05) is 30.3 Å². The van der Waals surface area contributed by atoms with E-state index in [0.29, 0.717) is 30.6 Å². The van der Waals surface area contributed by atoms with Crippen LogP contribution < -0.4 is 4.90 Å². The normalized spacial score (nSPS) is 15.8. The van der Waals surface area contributed by atoms with Gasteiger partial charge in [0.15, 0.2) is 0 Å². The molecule has 2 heterocycles. The Morgan fingerprint density at radius 2 is 1.70 bits per heavy atom. The minimum absolute atomic E-state index is 0.127. The molecule has 0 bridgehead atoms. The van der Waals surface area contributed by atoms with E-state index in [0.717, 1.165) is 22.5 Å². The third-order valence-corrected chi connectivity index (χ3v) is 8.45. The van der Waals surface area contributed by atoms with Gasteiger partial charge in [-0.05, 0) is 60.0 Å². The topological polar surface area (TPSA) is 117 Å². The number of hydrogen-bond acceptors (Lipinski definition) is 6. The Balaban J connectivity index is 1.62. The SMILES string of the molecule is N#Cc1ccc(CC2CN(Cc3cnc[nH]3)c3ccc(C#N)cc3CN2S(=O)(=O)c2ccccc2)cc1. The number of sulfonamides is 1. The molecule has 37 heavy (non-hydrogen) atoms. The average molecular weight is 509 g/mol. The Morgan fingerprint density at radius 3 is 2.38 bits per heavy atom. The molecule has 1 aliphatic rings. The number of aromatic amines is 1. The molecule has 3 aromatic carbocycles. The van der Waals surface area contributed by atoms with E-state index in [1.807, 2.05) is 18.2 Å². The second-order valence-corrected chi connectivity index (χ2v) is 10.8. The highest BCUT2D eigenvalue weighted by Gasteiger charge is 2.36. The van der Waals surface area contributed by atoms with Crippen LogP contribution in [0.25, 0.3) is 0 Å². The van der Waals surface area contributed by atoms with Crippen molar-refractivity contribution in [3.8, 4) is 12.1 Å². The van der Waals surface area contributed by atoms with Crippen LogP contribution in [0.15, 0.2) is 90.2 Å². The van der Waals surface area contributed by atoms with Crippen molar-refractivity contribution in [1.29, 1.82) is 10.5 Å². The van der Waals surface area contributed by atoms with Crippen molar-refractivity contribution in [2.75, 3.05) is 11.4 Å². The molecule has 4 aromatic rings. The van der Waals surface area contributed by atoms with E-state index >= 15 is 0 Å². The monoisotopic (exact) mass is 508 g/mol. The van der Waals surface area contributed by atoms with Crippen LogP contribution in [0.2, 0.25) is 0 Å². The highest BCUT2D eigenvalue weighted by atomic mass is 32.2. The summed E-state index contributed by atoms with van der Waals surface area (Å²) in [5.41, 5.74) is 4.50. The van der Waals surface area contributed by atoms with Gasteiger partial charge in [0.2, 0.25) is 10.0 Å². The Kier molecular flexibility index (Phi) is 6.74. The Hall–Kier alpha value is -4.44. The molecule has 1 aliphatic heterocycles. The number of nitrogens with one attached hydrogen (secondary N) is 1. The zero-order valence-electron chi connectivity index (χ0n) is 19.9. The van der Waals surface area contributed by atoms with E-state index in [1.54, 1.807) is 71.4 Å². The fourth-order valence-corrected chi connectivity index (χ4v) is 6.34. The van der Waals surface area contributed by atoms with Gasteiger partial charge in [0.1, 0.15) is 0 Å². The first-order chi connectivity index (χ1) is 18.0. The van der Waals surface area contributed by atoms with Crippen molar-refractivity contribution in [2.24, 2.45) is 0 Å². The van der Waals surface area contributed by atoms with Gasteiger partial charge < -0.3 is 9.88 Å². The molecule has 0 spiro atoms. The van der Waals surface area contributed by atoms with Crippen LogP contribution in [0.1, 0.15) is 27.9 Å². The van der Waals surface area contributed by atoms with Gasteiger partial charge in [0, 0.05) is 31.0 Å². The predicted octanol–water partition coefficient (Wildman–Crippen LogP) is 3.98. The highest BCUT2D eigenvalue weighted by Crippen LogP contribution is 2.33. The number of hydrogen-bond donors (Lipinski definition) is 1. The lowest BCUT2D eigenvalue weighted by molar-refractivity contribution is 0.318. The molecule has 5 rings (SSSR count). The largest absolute Gasteiger partial charge is 0.364 e. The van der Waals surface area contributed by atoms with Crippen molar-refractivity contribution in [3.05, 3.63) is 113 Å². The number of anilines is 1. The molecule has 0 radical (unpaired) electrons. The standard InChI is InChI=1S/C28H24N6O2S/c29-14-22-8-6-21(7-9-22)13-26-19-33(18-25-16-31-20-32-25)28-11-10-23(15-30)12-24(28)17-34(26)37(35,36)27-4-2-1-3-5-27/h1-12,16,20,26H,13,17-19H2,(H,31,32). The van der Waals surface area contributed by atoms with Gasteiger partial charge in [-0.25, -0.2) is 13.4 Å². The lowest BCUT2D eigenvalue weighted by atomic mass is 10.0. The summed E-state index contributed by atoms with van der Waals surface area (Å²) in [4.78, 5) is 9.63. The first kappa shape index (κ1) is 24.3. The molecule has 1 N–H and O–H groups in total. The van der Waals surface area contributed by atoms with Crippen molar-refractivity contribution in [1.82, 2.24) is 14.3 Å². The molecule has 0 amide bonds. The number of nitriles is 2. The summed E-state index contributed by atoms with van der Waals surface area (Å²) in [7, 11) is -3.86. The van der Waals surface area contributed by atoms with Gasteiger partial charge in [-0.15, -0.1) is 0 Å². The summed E-state index contributed by atoms with van der Waals surface area (Å²) in [5.74, 6) is 0. The van der Waals surface area contributed by atoms with Crippen LogP contribution in [0.4, 0.5) is 5.69 Å². The molecule has 0 saturated heterocycles. The molecule has 184 valence electrons. The zero-order valence-corrected chi connectivity index (χ0v) is 20.8. The molecule has 1 aromatic heterocycles. The summed E-state index contributed by atoms with van der Waals surface area (Å²) in [5, 5.41) is 18.7. The number of nitrogens with zero attached hydrogens (tertiary/aromatic N) is 5. The minimum atomic E-state index is -3.86. The maximum atomic E-state index is 14.0. The van der Waals surface area contributed by atoms with E-state index in [4.69, 9.17) is 0 Å². The second kappa shape index (κ2) is 10.3. The van der Waals surface area contributed by atoms with E-state index in [1.165, 1.54) is 0 Å². The minimum Gasteiger partial charge on any atom is -0.364 e. The van der Waals surface area contributed by atoms with E-state index in [2.05, 4.69) is 27.0 Å². The van der Waals surface area contributed by atoms with Gasteiger partial charge in [-0.2, -0.15) is 14.8 Å². The summed E-state index contributed by atoms with van der Waals surface area (Å²) in [6.07, 6.45) is 3.83. The number of imidazole rings is 1. The molecular formula is C28H24N6O2S. The average Bonchev–Trinajstić information content (AvgIpc) is 3.39. The molecule has 9 heteroatoms. The van der Waals surface area contributed by atoms with Crippen LogP contribution in [-0.4, -0.2) is 35.3 Å². The number of rotatable bonds is 6. The summed E-state index contributed by atoms with van der Waals surface area (Å²) >= 11 is 0. The predicted molar refractivity (Wildman–Crippen MR) is 139 cm³/mol. The highest BCUT2D eigenvalue weighted by molar-refractivity contribution is 7.89. The van der Waals surface area contributed by atoms with Crippen LogP contribution >= 0.6 is 0 Å². The summed E-state index contributed by atoms with van der Waals surface area (Å²) in [6.45, 7) is 1.05. The first-order valence-corrected chi connectivity index (χ1v) is 13.2. The van der Waals surface area contributed by atoms with Gasteiger partial charge >= 0.3 is 0 Å². The first-order valence-electron chi connectivity index (χ1n) is 11.8. The van der Waals surface area contributed by atoms with Crippen molar-refractivity contribution >= 4 is 15.7 Å². The fraction of sp³-hybridized carbons (Fsp3) is 0.179.